The highest BCUT2D eigenvalue weighted by atomic mass is 16.5. The minimum Gasteiger partial charge on any atom is -0.507 e. The number of carbonyl (C=O) groups excluding carboxylic acids is 2. The number of ketones is 1. The van der Waals surface area contributed by atoms with Crippen molar-refractivity contribution in [1.82, 2.24) is 9.80 Å². The van der Waals surface area contributed by atoms with Gasteiger partial charge in [0.15, 0.2) is 0 Å². The van der Waals surface area contributed by atoms with Crippen molar-refractivity contribution in [1.29, 1.82) is 0 Å². The van der Waals surface area contributed by atoms with Gasteiger partial charge in [-0.05, 0) is 67.4 Å². The fourth-order valence-electron chi connectivity index (χ4n) is 4.76. The number of nitrogens with zero attached hydrogens (tertiary/aromatic N) is 2. The van der Waals surface area contributed by atoms with Crippen molar-refractivity contribution in [2.75, 3.05) is 27.2 Å². The molecule has 0 aromatic heterocycles. The molecule has 0 spiro atoms. The SMILES string of the molecule is Cc1cccc(COc2ccc(C(O)=C3C(=O)C(=O)N(CCN(C)C)[C@@H]3c3ccc(C(C)(C)C)cc3)cc2)c1. The third-order valence-electron chi connectivity index (χ3n) is 7.04. The molecule has 0 unspecified atom stereocenters. The molecule has 1 fully saturated rings. The molecule has 6 heteroatoms. The smallest absolute Gasteiger partial charge is 0.295 e. The van der Waals surface area contributed by atoms with Gasteiger partial charge in [-0.1, -0.05) is 74.9 Å². The Morgan fingerprint density at radius 2 is 1.64 bits per heavy atom. The third kappa shape index (κ3) is 6.40. The van der Waals surface area contributed by atoms with Crippen LogP contribution in [0.2, 0.25) is 0 Å². The Morgan fingerprint density at radius 1 is 0.974 bits per heavy atom. The predicted molar refractivity (Wildman–Crippen MR) is 155 cm³/mol. The molecule has 0 radical (unpaired) electrons. The fourth-order valence-corrected chi connectivity index (χ4v) is 4.76. The second kappa shape index (κ2) is 11.5. The average Bonchev–Trinajstić information content (AvgIpc) is 3.15. The third-order valence-corrected chi connectivity index (χ3v) is 7.04. The summed E-state index contributed by atoms with van der Waals surface area (Å²) < 4.78 is 5.91. The number of aliphatic hydroxyl groups excluding tert-OH is 1. The number of aryl methyl sites for hydroxylation is 1. The van der Waals surface area contributed by atoms with Crippen LogP contribution in [0.25, 0.3) is 5.76 Å². The van der Waals surface area contributed by atoms with Gasteiger partial charge in [-0.2, -0.15) is 0 Å². The predicted octanol–water partition coefficient (Wildman–Crippen LogP) is 5.85. The number of aliphatic hydroxyl groups is 1. The lowest BCUT2D eigenvalue weighted by atomic mass is 9.85. The van der Waals surface area contributed by atoms with Crippen LogP contribution >= 0.6 is 0 Å². The number of likely N-dealkylation sites (tertiary alicyclic amines) is 1. The van der Waals surface area contributed by atoms with Crippen molar-refractivity contribution in [2.45, 2.75) is 45.8 Å². The number of Topliss-reactive ketones (excluding diaryl/α,β-unsaturated/α-hetero) is 1. The standard InChI is InChI=1S/C33H38N2O4/c1-22-8-7-9-23(20-22)21-39-27-16-12-25(13-17-27)30(36)28-29(24-10-14-26(15-11-24)33(2,3)4)35(19-18-34(5)6)32(38)31(28)37/h7-17,20,29,36H,18-19,21H2,1-6H3/t29-/m1/s1. The molecule has 1 saturated heterocycles. The molecule has 6 nitrogen and oxygen atoms in total. The summed E-state index contributed by atoms with van der Waals surface area (Å²) in [6.45, 7) is 9.84. The Bertz CT molecular complexity index is 1370. The van der Waals surface area contributed by atoms with Crippen LogP contribution in [0.15, 0.2) is 78.4 Å². The van der Waals surface area contributed by atoms with Crippen molar-refractivity contribution in [3.63, 3.8) is 0 Å². The lowest BCUT2D eigenvalue weighted by Gasteiger charge is -2.27. The van der Waals surface area contributed by atoms with Gasteiger partial charge in [0.05, 0.1) is 11.6 Å². The largest absolute Gasteiger partial charge is 0.507 e. The highest BCUT2D eigenvalue weighted by Crippen LogP contribution is 2.40. The van der Waals surface area contributed by atoms with Crippen LogP contribution in [-0.2, 0) is 21.6 Å². The maximum atomic E-state index is 13.3. The first kappa shape index (κ1) is 28.1. The summed E-state index contributed by atoms with van der Waals surface area (Å²) in [5.74, 6) is -0.804. The molecule has 39 heavy (non-hydrogen) atoms. The van der Waals surface area contributed by atoms with Crippen molar-refractivity contribution in [3.8, 4) is 5.75 Å². The second-order valence-electron chi connectivity index (χ2n) is 11.5. The number of carbonyl (C=O) groups is 2. The number of likely N-dealkylation sites (N-methyl/N-ethyl adjacent to an activating group) is 1. The van der Waals surface area contributed by atoms with Crippen molar-refractivity contribution < 1.29 is 19.4 Å². The molecule has 4 rings (SSSR count). The topological polar surface area (TPSA) is 70.1 Å². The number of benzene rings is 3. The molecule has 1 amide bonds. The quantitative estimate of drug-likeness (QED) is 0.226. The van der Waals surface area contributed by atoms with Gasteiger partial charge < -0.3 is 19.6 Å². The normalized spacial score (nSPS) is 17.2. The second-order valence-corrected chi connectivity index (χ2v) is 11.5. The summed E-state index contributed by atoms with van der Waals surface area (Å²) in [6, 6.07) is 22.4. The lowest BCUT2D eigenvalue weighted by molar-refractivity contribution is -0.140. The summed E-state index contributed by atoms with van der Waals surface area (Å²) in [7, 11) is 3.85. The maximum absolute atomic E-state index is 13.3. The summed E-state index contributed by atoms with van der Waals surface area (Å²) in [5, 5.41) is 11.4. The molecule has 1 aliphatic heterocycles. The van der Waals surface area contributed by atoms with Gasteiger partial charge in [-0.25, -0.2) is 0 Å². The average molecular weight is 527 g/mol. The van der Waals surface area contributed by atoms with E-state index >= 15 is 0 Å². The highest BCUT2D eigenvalue weighted by Gasteiger charge is 2.45. The van der Waals surface area contributed by atoms with Crippen LogP contribution < -0.4 is 4.74 Å². The molecule has 1 heterocycles. The lowest BCUT2D eigenvalue weighted by Crippen LogP contribution is -2.35. The number of hydrogen-bond acceptors (Lipinski definition) is 5. The van der Waals surface area contributed by atoms with Crippen LogP contribution in [0.3, 0.4) is 0 Å². The monoisotopic (exact) mass is 526 g/mol. The molecule has 1 atom stereocenters. The van der Waals surface area contributed by atoms with Crippen LogP contribution in [0.5, 0.6) is 5.75 Å². The van der Waals surface area contributed by atoms with E-state index in [9.17, 15) is 14.7 Å². The van der Waals surface area contributed by atoms with E-state index < -0.39 is 17.7 Å². The summed E-state index contributed by atoms with van der Waals surface area (Å²) in [5.41, 5.74) is 4.71. The number of ether oxygens (including phenoxy) is 1. The Balaban J connectivity index is 1.66. The zero-order chi connectivity index (χ0) is 28.3. The van der Waals surface area contributed by atoms with Gasteiger partial charge in [0.25, 0.3) is 11.7 Å². The van der Waals surface area contributed by atoms with Crippen LogP contribution in [-0.4, -0.2) is 53.8 Å². The number of rotatable bonds is 8. The molecular weight excluding hydrogens is 488 g/mol. The van der Waals surface area contributed by atoms with Crippen molar-refractivity contribution >= 4 is 17.4 Å². The molecule has 1 N–H and O–H groups in total. The van der Waals surface area contributed by atoms with Gasteiger partial charge in [0.1, 0.15) is 18.1 Å². The Kier molecular flexibility index (Phi) is 8.26. The summed E-state index contributed by atoms with van der Waals surface area (Å²) in [6.07, 6.45) is 0. The summed E-state index contributed by atoms with van der Waals surface area (Å²) >= 11 is 0. The van der Waals surface area contributed by atoms with Gasteiger partial charge in [0, 0.05) is 18.7 Å². The van der Waals surface area contributed by atoms with Gasteiger partial charge in [-0.3, -0.25) is 9.59 Å². The van der Waals surface area contributed by atoms with E-state index in [-0.39, 0.29) is 16.7 Å². The minimum absolute atomic E-state index is 0.0333. The molecule has 1 aliphatic rings. The molecule has 3 aromatic carbocycles. The molecule has 204 valence electrons. The van der Waals surface area contributed by atoms with E-state index in [2.05, 4.69) is 26.8 Å². The van der Waals surface area contributed by atoms with E-state index in [0.29, 0.717) is 31.0 Å². The van der Waals surface area contributed by atoms with Gasteiger partial charge >= 0.3 is 0 Å². The first-order valence-corrected chi connectivity index (χ1v) is 13.3. The van der Waals surface area contributed by atoms with Crippen molar-refractivity contribution in [2.24, 2.45) is 0 Å². The molecule has 0 aliphatic carbocycles. The molecule has 0 saturated carbocycles. The van der Waals surface area contributed by atoms with E-state index in [1.807, 2.05) is 68.4 Å². The Morgan fingerprint density at radius 3 is 2.23 bits per heavy atom. The van der Waals surface area contributed by atoms with Gasteiger partial charge in [-0.15, -0.1) is 0 Å². The zero-order valence-corrected chi connectivity index (χ0v) is 23.7. The molecular formula is C33H38N2O4. The van der Waals surface area contributed by atoms with Crippen LogP contribution in [0.1, 0.15) is 54.6 Å². The Labute approximate surface area is 231 Å². The highest BCUT2D eigenvalue weighted by molar-refractivity contribution is 6.46. The first-order valence-electron chi connectivity index (χ1n) is 13.3. The molecule has 3 aromatic rings. The van der Waals surface area contributed by atoms with Crippen LogP contribution in [0, 0.1) is 6.92 Å². The van der Waals surface area contributed by atoms with Crippen LogP contribution in [0.4, 0.5) is 0 Å². The summed E-state index contributed by atoms with van der Waals surface area (Å²) in [4.78, 5) is 30.0. The van der Waals surface area contributed by atoms with E-state index in [0.717, 1.165) is 16.7 Å². The van der Waals surface area contributed by atoms with E-state index in [1.54, 1.807) is 29.2 Å². The molecule has 0 bridgehead atoms. The van der Waals surface area contributed by atoms with Gasteiger partial charge in [0.2, 0.25) is 0 Å². The van der Waals surface area contributed by atoms with E-state index in [4.69, 9.17) is 4.74 Å². The first-order chi connectivity index (χ1) is 18.5. The van der Waals surface area contributed by atoms with Crippen molar-refractivity contribution in [3.05, 3.63) is 106 Å². The maximum Gasteiger partial charge on any atom is 0.295 e. The zero-order valence-electron chi connectivity index (χ0n) is 23.7. The minimum atomic E-state index is -0.670. The fraction of sp³-hybridized carbons (Fsp3) is 0.333. The number of amides is 1. The van der Waals surface area contributed by atoms with E-state index in [1.165, 1.54) is 5.56 Å². The number of hydrogen-bond donors (Lipinski definition) is 1. The Hall–Kier alpha value is -3.90.